The van der Waals surface area contributed by atoms with Crippen molar-refractivity contribution in [2.75, 3.05) is 5.73 Å². The van der Waals surface area contributed by atoms with Gasteiger partial charge in [-0.1, -0.05) is 30.3 Å². The minimum absolute atomic E-state index is 0. The van der Waals surface area contributed by atoms with E-state index >= 15 is 0 Å². The topological polar surface area (TPSA) is 64.2 Å². The Kier molecular flexibility index (Phi) is 3.96. The molecule has 0 fully saturated rings. The van der Waals surface area contributed by atoms with Gasteiger partial charge in [-0.2, -0.15) is 4.98 Å². The first kappa shape index (κ1) is 12.1. The van der Waals surface area contributed by atoms with Gasteiger partial charge in [0.2, 0.25) is 0 Å². The number of aliphatic imine (C=N–C) groups is 1. The Balaban J connectivity index is 0.00000128. The van der Waals surface area contributed by atoms with Gasteiger partial charge in [0, 0.05) is 11.8 Å². The third-order valence-corrected chi connectivity index (χ3v) is 2.03. The number of nitrogens with two attached hydrogens (primary N) is 1. The highest BCUT2D eigenvalue weighted by Gasteiger charge is 2.04. The van der Waals surface area contributed by atoms with Gasteiger partial charge in [-0.05, 0) is 12.3 Å². The van der Waals surface area contributed by atoms with Crippen LogP contribution in [0.25, 0.3) is 11.1 Å². The molecule has 5 heteroatoms. The van der Waals surface area contributed by atoms with Crippen LogP contribution in [-0.2, 0) is 0 Å². The van der Waals surface area contributed by atoms with Gasteiger partial charge in [-0.3, -0.25) is 0 Å². The smallest absolute Gasteiger partial charge is 0.250 e. The third kappa shape index (κ3) is 2.35. The van der Waals surface area contributed by atoms with E-state index in [-0.39, 0.29) is 12.4 Å². The van der Waals surface area contributed by atoms with E-state index in [1.165, 1.54) is 0 Å². The van der Waals surface area contributed by atoms with Crippen LogP contribution in [0.2, 0.25) is 0 Å². The molecule has 0 bridgehead atoms. The largest absolute Gasteiger partial charge is 0.383 e. The summed E-state index contributed by atoms with van der Waals surface area (Å²) in [5, 5.41) is 0. The summed E-state index contributed by atoms with van der Waals surface area (Å²) in [6, 6.07) is 9.73. The fraction of sp³-hybridized carbons (Fsp3) is 0. The number of hydrogen-bond acceptors (Lipinski definition) is 4. The molecule has 0 atom stereocenters. The van der Waals surface area contributed by atoms with Crippen molar-refractivity contribution in [1.82, 2.24) is 9.97 Å². The van der Waals surface area contributed by atoms with Crippen molar-refractivity contribution < 1.29 is 0 Å². The number of rotatable bonds is 2. The summed E-state index contributed by atoms with van der Waals surface area (Å²) >= 11 is 0. The maximum absolute atomic E-state index is 5.79. The number of nitrogen functional groups attached to an aromatic ring is 1. The fourth-order valence-electron chi connectivity index (χ4n) is 1.30. The third-order valence-electron chi connectivity index (χ3n) is 2.03. The first-order valence-corrected chi connectivity index (χ1v) is 4.46. The molecular weight excluding hydrogens is 224 g/mol. The van der Waals surface area contributed by atoms with Crippen molar-refractivity contribution in [3.05, 3.63) is 36.5 Å². The molecule has 1 aromatic heterocycles. The molecule has 1 heterocycles. The Morgan fingerprint density at radius 2 is 1.88 bits per heavy atom. The lowest BCUT2D eigenvalue weighted by Crippen LogP contribution is -1.95. The summed E-state index contributed by atoms with van der Waals surface area (Å²) in [5.74, 6) is 0.714. The van der Waals surface area contributed by atoms with Crippen molar-refractivity contribution in [2.24, 2.45) is 4.99 Å². The lowest BCUT2D eigenvalue weighted by atomic mass is 10.1. The minimum atomic E-state index is 0. The lowest BCUT2D eigenvalue weighted by Gasteiger charge is -2.04. The zero-order valence-electron chi connectivity index (χ0n) is 8.50. The van der Waals surface area contributed by atoms with Gasteiger partial charge in [-0.25, -0.2) is 9.98 Å². The maximum atomic E-state index is 5.79. The molecule has 1 aromatic carbocycles. The van der Waals surface area contributed by atoms with E-state index in [0.717, 1.165) is 11.1 Å². The predicted octanol–water partition coefficient (Wildman–Crippen LogP) is 2.48. The van der Waals surface area contributed by atoms with Crippen LogP contribution < -0.4 is 5.73 Å². The molecular formula is C11H11ClN4. The molecule has 4 nitrogen and oxygen atoms in total. The van der Waals surface area contributed by atoms with E-state index in [2.05, 4.69) is 21.7 Å². The van der Waals surface area contributed by atoms with Crippen LogP contribution in [0.1, 0.15) is 0 Å². The molecule has 0 aliphatic carbocycles. The van der Waals surface area contributed by atoms with Crippen LogP contribution in [-0.4, -0.2) is 16.7 Å². The summed E-state index contributed by atoms with van der Waals surface area (Å²) in [5.41, 5.74) is 7.59. The average molecular weight is 235 g/mol. The van der Waals surface area contributed by atoms with Crippen molar-refractivity contribution in [2.45, 2.75) is 0 Å². The average Bonchev–Trinajstić information content (AvgIpc) is 2.30. The Labute approximate surface area is 99.7 Å². The molecule has 2 N–H and O–H groups in total. The highest BCUT2D eigenvalue weighted by atomic mass is 35.5. The van der Waals surface area contributed by atoms with Gasteiger partial charge in [0.1, 0.15) is 5.82 Å². The monoisotopic (exact) mass is 234 g/mol. The van der Waals surface area contributed by atoms with Gasteiger partial charge in [0.15, 0.2) is 0 Å². The van der Waals surface area contributed by atoms with Gasteiger partial charge in [-0.15, -0.1) is 12.4 Å². The number of aromatic nitrogens is 2. The number of benzene rings is 1. The first-order valence-electron chi connectivity index (χ1n) is 4.46. The normalized spacial score (nSPS) is 9.25. The van der Waals surface area contributed by atoms with Crippen LogP contribution in [0.4, 0.5) is 11.8 Å². The quantitative estimate of drug-likeness (QED) is 0.812. The number of nitrogens with zero attached hydrogens (tertiary/aromatic N) is 3. The molecule has 0 aliphatic rings. The van der Waals surface area contributed by atoms with E-state index < -0.39 is 0 Å². The Morgan fingerprint density at radius 3 is 2.44 bits per heavy atom. The number of anilines is 1. The molecule has 0 spiro atoms. The summed E-state index contributed by atoms with van der Waals surface area (Å²) in [6.07, 6.45) is 1.65. The molecule has 0 radical (unpaired) electrons. The van der Waals surface area contributed by atoms with Crippen LogP contribution in [0.15, 0.2) is 41.5 Å². The number of halogens is 1. The van der Waals surface area contributed by atoms with Crippen LogP contribution >= 0.6 is 12.4 Å². The second-order valence-corrected chi connectivity index (χ2v) is 2.99. The van der Waals surface area contributed by atoms with E-state index in [1.807, 2.05) is 30.3 Å². The summed E-state index contributed by atoms with van der Waals surface area (Å²) in [6.45, 7) is 3.34. The summed E-state index contributed by atoms with van der Waals surface area (Å²) < 4.78 is 0. The van der Waals surface area contributed by atoms with Gasteiger partial charge < -0.3 is 5.73 Å². The SMILES string of the molecule is C=Nc1ncc(-c2ccccc2)c(N)n1.Cl. The molecule has 0 saturated carbocycles. The second kappa shape index (κ2) is 5.23. The molecule has 0 saturated heterocycles. The zero-order chi connectivity index (χ0) is 10.7. The molecule has 16 heavy (non-hydrogen) atoms. The molecule has 0 amide bonds. The molecule has 2 aromatic rings. The van der Waals surface area contributed by atoms with Gasteiger partial charge in [0.05, 0.1) is 0 Å². The van der Waals surface area contributed by atoms with E-state index in [0.29, 0.717) is 11.8 Å². The van der Waals surface area contributed by atoms with Gasteiger partial charge >= 0.3 is 0 Å². The summed E-state index contributed by atoms with van der Waals surface area (Å²) in [7, 11) is 0. The Bertz CT molecular complexity index is 485. The molecule has 2 rings (SSSR count). The molecule has 0 aliphatic heterocycles. The lowest BCUT2D eigenvalue weighted by molar-refractivity contribution is 1.15. The van der Waals surface area contributed by atoms with Crippen LogP contribution in [0.3, 0.4) is 0 Å². The van der Waals surface area contributed by atoms with Gasteiger partial charge in [0.25, 0.3) is 5.95 Å². The molecule has 0 unspecified atom stereocenters. The van der Waals surface area contributed by atoms with Crippen molar-refractivity contribution in [3.63, 3.8) is 0 Å². The highest BCUT2D eigenvalue weighted by Crippen LogP contribution is 2.24. The number of hydrogen-bond donors (Lipinski definition) is 1. The Hall–Kier alpha value is -1.94. The first-order chi connectivity index (χ1) is 7.31. The maximum Gasteiger partial charge on any atom is 0.250 e. The van der Waals surface area contributed by atoms with Crippen molar-refractivity contribution in [1.29, 1.82) is 0 Å². The van der Waals surface area contributed by atoms with Crippen LogP contribution in [0, 0.1) is 0 Å². The van der Waals surface area contributed by atoms with Crippen molar-refractivity contribution >= 4 is 30.9 Å². The summed E-state index contributed by atoms with van der Waals surface area (Å²) in [4.78, 5) is 11.6. The molecule has 82 valence electrons. The standard InChI is InChI=1S/C11H10N4.ClH/c1-13-11-14-7-9(10(12)15-11)8-5-3-2-4-6-8;/h2-7H,1H2,(H2,12,14,15);1H. The van der Waals surface area contributed by atoms with Crippen molar-refractivity contribution in [3.8, 4) is 11.1 Å². The Morgan fingerprint density at radius 1 is 1.19 bits per heavy atom. The second-order valence-electron chi connectivity index (χ2n) is 2.99. The minimum Gasteiger partial charge on any atom is -0.383 e. The van der Waals surface area contributed by atoms with Crippen LogP contribution in [0.5, 0.6) is 0 Å². The predicted molar refractivity (Wildman–Crippen MR) is 68.3 cm³/mol. The van der Waals surface area contributed by atoms with E-state index in [9.17, 15) is 0 Å². The van der Waals surface area contributed by atoms with E-state index in [4.69, 9.17) is 5.73 Å². The fourth-order valence-corrected chi connectivity index (χ4v) is 1.30. The zero-order valence-corrected chi connectivity index (χ0v) is 9.31. The van der Waals surface area contributed by atoms with E-state index in [1.54, 1.807) is 6.20 Å². The highest BCUT2D eigenvalue weighted by molar-refractivity contribution is 5.85.